The van der Waals surface area contributed by atoms with E-state index in [0.717, 1.165) is 40.3 Å². The molecule has 3 rings (SSSR count). The Morgan fingerprint density at radius 2 is 1.93 bits per heavy atom. The van der Waals surface area contributed by atoms with Gasteiger partial charge in [-0.1, -0.05) is 32.9 Å². The summed E-state index contributed by atoms with van der Waals surface area (Å²) in [6.45, 7) is 12.8. The van der Waals surface area contributed by atoms with E-state index in [1.807, 2.05) is 36.1 Å². The standard InChI is InChI=1S/C25H33NO3/c1-16(2)20-10-8-17(3)12-23(20)29-15-24(27)26-22-11-9-19(28-7)13-21(22)18(4)14-25(26,5)6/h8-13,16,18H,14-15H2,1-7H3/t18-/m0/s1. The molecule has 0 spiro atoms. The molecule has 0 aliphatic carbocycles. The van der Waals surface area contributed by atoms with E-state index in [-0.39, 0.29) is 18.1 Å². The molecule has 0 radical (unpaired) electrons. The number of amides is 1. The second-order valence-electron chi connectivity index (χ2n) is 9.06. The molecule has 0 unspecified atom stereocenters. The van der Waals surface area contributed by atoms with Gasteiger partial charge < -0.3 is 14.4 Å². The van der Waals surface area contributed by atoms with Gasteiger partial charge >= 0.3 is 0 Å². The van der Waals surface area contributed by atoms with Crippen LogP contribution in [0.15, 0.2) is 36.4 Å². The van der Waals surface area contributed by atoms with E-state index in [2.05, 4.69) is 46.8 Å². The Morgan fingerprint density at radius 1 is 1.21 bits per heavy atom. The molecule has 1 aliphatic rings. The van der Waals surface area contributed by atoms with Crippen molar-refractivity contribution in [2.75, 3.05) is 18.6 Å². The summed E-state index contributed by atoms with van der Waals surface area (Å²) in [5.74, 6) is 2.28. The van der Waals surface area contributed by atoms with Gasteiger partial charge in [0.1, 0.15) is 11.5 Å². The van der Waals surface area contributed by atoms with Gasteiger partial charge in [0.05, 0.1) is 7.11 Å². The van der Waals surface area contributed by atoms with Crippen molar-refractivity contribution in [2.24, 2.45) is 0 Å². The van der Waals surface area contributed by atoms with Crippen LogP contribution in [-0.4, -0.2) is 25.2 Å². The van der Waals surface area contributed by atoms with Crippen molar-refractivity contribution in [3.8, 4) is 11.5 Å². The van der Waals surface area contributed by atoms with Crippen LogP contribution in [0.2, 0.25) is 0 Å². The summed E-state index contributed by atoms with van der Waals surface area (Å²) in [7, 11) is 1.67. The molecule has 0 saturated carbocycles. The molecule has 1 amide bonds. The van der Waals surface area contributed by atoms with Gasteiger partial charge in [-0.2, -0.15) is 0 Å². The first kappa shape index (κ1) is 21.2. The molecule has 29 heavy (non-hydrogen) atoms. The molecule has 156 valence electrons. The highest BCUT2D eigenvalue weighted by Crippen LogP contribution is 2.44. The molecular weight excluding hydrogens is 362 g/mol. The molecule has 0 saturated heterocycles. The topological polar surface area (TPSA) is 38.8 Å². The van der Waals surface area contributed by atoms with Crippen LogP contribution in [0.25, 0.3) is 0 Å². The van der Waals surface area contributed by atoms with Crippen LogP contribution < -0.4 is 14.4 Å². The average molecular weight is 396 g/mol. The van der Waals surface area contributed by atoms with Crippen LogP contribution in [-0.2, 0) is 4.79 Å². The van der Waals surface area contributed by atoms with E-state index in [1.54, 1.807) is 7.11 Å². The van der Waals surface area contributed by atoms with E-state index in [4.69, 9.17) is 9.47 Å². The Labute approximate surface area is 174 Å². The molecule has 4 nitrogen and oxygen atoms in total. The smallest absolute Gasteiger partial charge is 0.265 e. The van der Waals surface area contributed by atoms with Crippen LogP contribution in [0.5, 0.6) is 11.5 Å². The highest BCUT2D eigenvalue weighted by molar-refractivity contribution is 5.97. The number of fused-ring (bicyclic) bond motifs is 1. The predicted molar refractivity (Wildman–Crippen MR) is 118 cm³/mol. The highest BCUT2D eigenvalue weighted by atomic mass is 16.5. The zero-order valence-corrected chi connectivity index (χ0v) is 18.7. The van der Waals surface area contributed by atoms with Crippen LogP contribution >= 0.6 is 0 Å². The van der Waals surface area contributed by atoms with Gasteiger partial charge in [-0.25, -0.2) is 0 Å². The third kappa shape index (κ3) is 4.26. The molecule has 1 aliphatic heterocycles. The molecule has 1 heterocycles. The fourth-order valence-electron chi connectivity index (χ4n) is 4.45. The molecule has 1 atom stereocenters. The number of carbonyl (C=O) groups is 1. The summed E-state index contributed by atoms with van der Waals surface area (Å²) < 4.78 is 11.5. The van der Waals surface area contributed by atoms with E-state index in [0.29, 0.717) is 11.8 Å². The van der Waals surface area contributed by atoms with Gasteiger partial charge in [0, 0.05) is 11.2 Å². The maximum absolute atomic E-state index is 13.3. The normalized spacial score (nSPS) is 17.8. The lowest BCUT2D eigenvalue weighted by Gasteiger charge is -2.46. The fourth-order valence-corrected chi connectivity index (χ4v) is 4.45. The number of anilines is 1. The lowest BCUT2D eigenvalue weighted by Crippen LogP contribution is -2.53. The maximum atomic E-state index is 13.3. The van der Waals surface area contributed by atoms with Gasteiger partial charge in [0.2, 0.25) is 0 Å². The van der Waals surface area contributed by atoms with Crippen molar-refractivity contribution >= 4 is 11.6 Å². The third-order valence-electron chi connectivity index (χ3n) is 5.81. The molecule has 0 N–H and O–H groups in total. The van der Waals surface area contributed by atoms with E-state index in [9.17, 15) is 4.79 Å². The summed E-state index contributed by atoms with van der Waals surface area (Å²) in [4.78, 5) is 15.3. The van der Waals surface area contributed by atoms with Gasteiger partial charge in [-0.15, -0.1) is 0 Å². The van der Waals surface area contributed by atoms with Crippen molar-refractivity contribution in [1.29, 1.82) is 0 Å². The van der Waals surface area contributed by atoms with Crippen LogP contribution in [0, 0.1) is 6.92 Å². The second-order valence-corrected chi connectivity index (χ2v) is 9.06. The quantitative estimate of drug-likeness (QED) is 0.640. The summed E-state index contributed by atoms with van der Waals surface area (Å²) in [5.41, 5.74) is 4.07. The zero-order valence-electron chi connectivity index (χ0n) is 18.7. The number of benzene rings is 2. The van der Waals surface area contributed by atoms with Crippen molar-refractivity contribution < 1.29 is 14.3 Å². The monoisotopic (exact) mass is 395 g/mol. The Balaban J connectivity index is 1.89. The molecule has 2 aromatic rings. The van der Waals surface area contributed by atoms with Crippen LogP contribution in [0.1, 0.15) is 69.6 Å². The van der Waals surface area contributed by atoms with Crippen LogP contribution in [0.4, 0.5) is 5.69 Å². The van der Waals surface area contributed by atoms with Crippen molar-refractivity contribution in [1.82, 2.24) is 0 Å². The van der Waals surface area contributed by atoms with Gasteiger partial charge in [0.25, 0.3) is 5.91 Å². The number of carbonyl (C=O) groups excluding carboxylic acids is 1. The minimum atomic E-state index is -0.283. The molecular formula is C25H33NO3. The first-order valence-electron chi connectivity index (χ1n) is 10.4. The Kier molecular flexibility index (Phi) is 5.92. The fraction of sp³-hybridized carbons (Fsp3) is 0.480. The number of hydrogen-bond acceptors (Lipinski definition) is 3. The number of aryl methyl sites for hydroxylation is 1. The second kappa shape index (κ2) is 8.10. The molecule has 2 aromatic carbocycles. The van der Waals surface area contributed by atoms with Gasteiger partial charge in [0.15, 0.2) is 6.61 Å². The average Bonchev–Trinajstić information content (AvgIpc) is 2.65. The van der Waals surface area contributed by atoms with E-state index >= 15 is 0 Å². The molecule has 4 heteroatoms. The van der Waals surface area contributed by atoms with Crippen molar-refractivity contribution in [2.45, 2.75) is 65.3 Å². The number of nitrogens with zero attached hydrogens (tertiary/aromatic N) is 1. The minimum Gasteiger partial charge on any atom is -0.497 e. The Hall–Kier alpha value is -2.49. The summed E-state index contributed by atoms with van der Waals surface area (Å²) in [6, 6.07) is 12.2. The first-order valence-corrected chi connectivity index (χ1v) is 10.4. The van der Waals surface area contributed by atoms with E-state index in [1.165, 1.54) is 0 Å². The Morgan fingerprint density at radius 3 is 2.59 bits per heavy atom. The van der Waals surface area contributed by atoms with Gasteiger partial charge in [-0.3, -0.25) is 4.79 Å². The number of rotatable bonds is 5. The minimum absolute atomic E-state index is 0.0203. The Bertz CT molecular complexity index is 901. The highest BCUT2D eigenvalue weighted by Gasteiger charge is 2.40. The van der Waals surface area contributed by atoms with E-state index < -0.39 is 0 Å². The molecule has 0 fully saturated rings. The SMILES string of the molecule is COc1ccc2c(c1)[C@@H](C)CC(C)(C)N2C(=O)COc1cc(C)ccc1C(C)C. The van der Waals surface area contributed by atoms with Crippen molar-refractivity contribution in [3.05, 3.63) is 53.1 Å². The van der Waals surface area contributed by atoms with Gasteiger partial charge in [-0.05, 0) is 80.0 Å². The summed E-state index contributed by atoms with van der Waals surface area (Å²) >= 11 is 0. The lowest BCUT2D eigenvalue weighted by molar-refractivity contribution is -0.121. The predicted octanol–water partition coefficient (Wildman–Crippen LogP) is 5.82. The largest absolute Gasteiger partial charge is 0.497 e. The number of ether oxygens (including phenoxy) is 2. The summed E-state index contributed by atoms with van der Waals surface area (Å²) in [5, 5.41) is 0. The van der Waals surface area contributed by atoms with Crippen LogP contribution in [0.3, 0.4) is 0 Å². The first-order chi connectivity index (χ1) is 13.6. The third-order valence-corrected chi connectivity index (χ3v) is 5.81. The number of hydrogen-bond donors (Lipinski definition) is 0. The lowest BCUT2D eigenvalue weighted by atomic mass is 9.80. The van der Waals surface area contributed by atoms with Crippen molar-refractivity contribution in [3.63, 3.8) is 0 Å². The maximum Gasteiger partial charge on any atom is 0.265 e. The summed E-state index contributed by atoms with van der Waals surface area (Å²) in [6.07, 6.45) is 0.889. The zero-order chi connectivity index (χ0) is 21.3. The molecule has 0 aromatic heterocycles. The molecule has 0 bridgehead atoms. The number of methoxy groups -OCH3 is 1.